The van der Waals surface area contributed by atoms with Crippen LogP contribution < -0.4 is 10.5 Å². The molecule has 0 spiro atoms. The molecular weight excluding hydrogens is 400 g/mol. The highest BCUT2D eigenvalue weighted by molar-refractivity contribution is 5.89. The van der Waals surface area contributed by atoms with E-state index < -0.39 is 11.6 Å². The van der Waals surface area contributed by atoms with Crippen molar-refractivity contribution in [3.63, 3.8) is 0 Å². The van der Waals surface area contributed by atoms with E-state index in [1.54, 1.807) is 31.3 Å². The van der Waals surface area contributed by atoms with E-state index in [1.807, 2.05) is 13.8 Å². The fourth-order valence-corrected chi connectivity index (χ4v) is 4.23. The molecule has 0 bridgehead atoms. The van der Waals surface area contributed by atoms with Gasteiger partial charge >= 0.3 is 0 Å². The Balaban J connectivity index is 1.68. The van der Waals surface area contributed by atoms with Crippen LogP contribution in [0, 0.1) is 18.2 Å². The highest BCUT2D eigenvalue weighted by atomic mass is 19.2. The summed E-state index contributed by atoms with van der Waals surface area (Å²) in [6.07, 6.45) is 0. The predicted molar refractivity (Wildman–Crippen MR) is 116 cm³/mol. The molecule has 4 rings (SSSR count). The Morgan fingerprint density at radius 2 is 1.94 bits per heavy atom. The largest absolute Gasteiger partial charge is 0.362 e. The standard InChI is InChI=1S/C23H23F2N5O/c1-14-12-30(15(2)11-29(14)13-16-6-5-7-17(24)22(16)25)19-10-21(31)28(4)18-8-9-20(26-3)27-23(18)19/h5-10,14-15H,11-13H2,1-2,4H3/t14-,15+/m1/s1. The van der Waals surface area contributed by atoms with Crippen LogP contribution in [0.15, 0.2) is 41.2 Å². The number of nitrogens with zero attached hydrogens (tertiary/aromatic N) is 5. The smallest absolute Gasteiger partial charge is 0.270 e. The third kappa shape index (κ3) is 3.77. The molecule has 1 aliphatic heterocycles. The maximum absolute atomic E-state index is 14.2. The summed E-state index contributed by atoms with van der Waals surface area (Å²) in [5.41, 5.74) is 2.15. The molecule has 0 amide bonds. The van der Waals surface area contributed by atoms with E-state index >= 15 is 0 Å². The summed E-state index contributed by atoms with van der Waals surface area (Å²) in [6, 6.07) is 9.19. The Morgan fingerprint density at radius 3 is 2.68 bits per heavy atom. The number of pyridine rings is 2. The summed E-state index contributed by atoms with van der Waals surface area (Å²) in [5, 5.41) is 0. The number of hydrogen-bond acceptors (Lipinski definition) is 4. The molecule has 6 nitrogen and oxygen atoms in total. The van der Waals surface area contributed by atoms with Gasteiger partial charge in [-0.05, 0) is 32.0 Å². The van der Waals surface area contributed by atoms with Gasteiger partial charge in [-0.3, -0.25) is 9.69 Å². The van der Waals surface area contributed by atoms with Crippen molar-refractivity contribution in [2.75, 3.05) is 18.0 Å². The van der Waals surface area contributed by atoms with Gasteiger partial charge in [0.1, 0.15) is 0 Å². The van der Waals surface area contributed by atoms with Crippen molar-refractivity contribution in [2.45, 2.75) is 32.5 Å². The first-order valence-electron chi connectivity index (χ1n) is 10.1. The van der Waals surface area contributed by atoms with Gasteiger partial charge in [-0.2, -0.15) is 0 Å². The molecule has 8 heteroatoms. The molecule has 1 fully saturated rings. The second kappa shape index (κ2) is 8.08. The topological polar surface area (TPSA) is 45.7 Å². The highest BCUT2D eigenvalue weighted by Crippen LogP contribution is 2.30. The maximum atomic E-state index is 14.2. The number of halogens is 2. The highest BCUT2D eigenvalue weighted by Gasteiger charge is 2.32. The van der Waals surface area contributed by atoms with Gasteiger partial charge in [0.2, 0.25) is 5.52 Å². The Bertz CT molecular complexity index is 1250. The molecule has 0 unspecified atom stereocenters. The molecule has 1 aliphatic rings. The van der Waals surface area contributed by atoms with Gasteiger partial charge in [0.25, 0.3) is 11.4 Å². The van der Waals surface area contributed by atoms with Crippen LogP contribution >= 0.6 is 0 Å². The van der Waals surface area contributed by atoms with Gasteiger partial charge in [-0.1, -0.05) is 18.7 Å². The fraction of sp³-hybridized carbons (Fsp3) is 0.348. The number of hydrogen-bond donors (Lipinski definition) is 0. The summed E-state index contributed by atoms with van der Waals surface area (Å²) in [7, 11) is 1.69. The Kier molecular flexibility index (Phi) is 5.46. The molecule has 0 radical (unpaired) electrons. The SMILES string of the molecule is [C-]#[N+]c1ccc2c(n1)c(N1C[C@@H](C)N(Cc3cccc(F)c3F)C[C@@H]1C)cc(=O)n2C. The predicted octanol–water partition coefficient (Wildman–Crippen LogP) is 3.86. The van der Waals surface area contributed by atoms with Crippen molar-refractivity contribution in [1.82, 2.24) is 14.5 Å². The quantitative estimate of drug-likeness (QED) is 0.600. The molecule has 0 N–H and O–H groups in total. The lowest BCUT2D eigenvalue weighted by Crippen LogP contribution is -2.56. The summed E-state index contributed by atoms with van der Waals surface area (Å²) in [5.74, 6) is -1.38. The van der Waals surface area contributed by atoms with Gasteiger partial charge in [0.15, 0.2) is 11.6 Å². The lowest BCUT2D eigenvalue weighted by molar-refractivity contribution is 0.156. The van der Waals surface area contributed by atoms with Crippen molar-refractivity contribution in [3.05, 3.63) is 75.4 Å². The number of fused-ring (bicyclic) bond motifs is 1. The first kappa shape index (κ1) is 20.9. The minimum atomic E-state index is -0.842. The first-order valence-corrected chi connectivity index (χ1v) is 10.1. The second-order valence-corrected chi connectivity index (χ2v) is 8.07. The van der Waals surface area contributed by atoms with Gasteiger partial charge in [0, 0.05) is 50.4 Å². The van der Waals surface area contributed by atoms with E-state index in [9.17, 15) is 13.6 Å². The number of benzene rings is 1. The van der Waals surface area contributed by atoms with E-state index in [4.69, 9.17) is 6.57 Å². The van der Waals surface area contributed by atoms with Gasteiger partial charge < -0.3 is 14.3 Å². The summed E-state index contributed by atoms with van der Waals surface area (Å²) in [4.78, 5) is 24.7. The zero-order chi connectivity index (χ0) is 22.3. The Hall–Kier alpha value is -3.31. The van der Waals surface area contributed by atoms with Crippen molar-refractivity contribution in [3.8, 4) is 0 Å². The van der Waals surface area contributed by atoms with Crippen LogP contribution in [0.3, 0.4) is 0 Å². The van der Waals surface area contributed by atoms with Crippen molar-refractivity contribution >= 4 is 22.5 Å². The van der Waals surface area contributed by atoms with Crippen molar-refractivity contribution in [1.29, 1.82) is 0 Å². The normalized spacial score (nSPS) is 19.5. The van der Waals surface area contributed by atoms with E-state index in [1.165, 1.54) is 10.6 Å². The molecule has 2 atom stereocenters. The number of anilines is 1. The number of aromatic nitrogens is 2. The molecule has 0 aliphatic carbocycles. The van der Waals surface area contributed by atoms with Crippen molar-refractivity contribution in [2.24, 2.45) is 7.05 Å². The lowest BCUT2D eigenvalue weighted by atomic mass is 10.0. The molecule has 0 saturated carbocycles. The summed E-state index contributed by atoms with van der Waals surface area (Å²) >= 11 is 0. The van der Waals surface area contributed by atoms with Crippen LogP contribution in [0.25, 0.3) is 15.9 Å². The first-order chi connectivity index (χ1) is 14.8. The molecule has 3 heterocycles. The lowest BCUT2D eigenvalue weighted by Gasteiger charge is -2.45. The van der Waals surface area contributed by atoms with Crippen LogP contribution in [0.1, 0.15) is 19.4 Å². The minimum Gasteiger partial charge on any atom is -0.362 e. The van der Waals surface area contributed by atoms with Gasteiger partial charge in [-0.25, -0.2) is 8.78 Å². The molecular formula is C23H23F2N5O. The van der Waals surface area contributed by atoms with E-state index in [-0.39, 0.29) is 23.5 Å². The van der Waals surface area contributed by atoms with Crippen molar-refractivity contribution < 1.29 is 8.78 Å². The van der Waals surface area contributed by atoms with Gasteiger partial charge in [-0.15, -0.1) is 4.98 Å². The Morgan fingerprint density at radius 1 is 1.16 bits per heavy atom. The van der Waals surface area contributed by atoms with E-state index in [0.717, 1.165) is 6.07 Å². The second-order valence-electron chi connectivity index (χ2n) is 8.07. The monoisotopic (exact) mass is 423 g/mol. The third-order valence-corrected chi connectivity index (χ3v) is 6.00. The average molecular weight is 423 g/mol. The maximum Gasteiger partial charge on any atom is 0.270 e. The van der Waals surface area contributed by atoms with Crippen LogP contribution in [0.5, 0.6) is 0 Å². The van der Waals surface area contributed by atoms with E-state index in [0.29, 0.717) is 41.9 Å². The molecule has 3 aromatic rings. The zero-order valence-corrected chi connectivity index (χ0v) is 17.6. The molecule has 2 aromatic heterocycles. The number of piperazine rings is 1. The van der Waals surface area contributed by atoms with Gasteiger partial charge in [0.05, 0.1) is 11.2 Å². The van der Waals surface area contributed by atoms with Crippen LogP contribution in [0.2, 0.25) is 0 Å². The van der Waals surface area contributed by atoms with Crippen LogP contribution in [-0.4, -0.2) is 39.6 Å². The third-order valence-electron chi connectivity index (χ3n) is 6.00. The minimum absolute atomic E-state index is 0.00141. The summed E-state index contributed by atoms with van der Waals surface area (Å²) in [6.45, 7) is 12.8. The number of aryl methyl sites for hydroxylation is 1. The molecule has 1 aromatic carbocycles. The van der Waals surface area contributed by atoms with Crippen LogP contribution in [-0.2, 0) is 13.6 Å². The summed E-state index contributed by atoms with van der Waals surface area (Å²) < 4.78 is 29.3. The molecule has 1 saturated heterocycles. The zero-order valence-electron chi connectivity index (χ0n) is 17.6. The average Bonchev–Trinajstić information content (AvgIpc) is 2.76. The molecule has 31 heavy (non-hydrogen) atoms. The van der Waals surface area contributed by atoms with E-state index in [2.05, 4.69) is 19.6 Å². The molecule has 160 valence electrons. The fourth-order valence-electron chi connectivity index (χ4n) is 4.23. The van der Waals surface area contributed by atoms with Crippen LogP contribution in [0.4, 0.5) is 20.3 Å². The Labute approximate surface area is 179 Å². The number of rotatable bonds is 3.